The minimum absolute atomic E-state index is 0.221. The molecule has 0 N–H and O–H groups in total. The molecule has 4 nitrogen and oxygen atoms in total. The average Bonchev–Trinajstić information content (AvgIpc) is 2.02. The third-order valence-corrected chi connectivity index (χ3v) is 2.43. The molecule has 0 atom stereocenters. The molecule has 0 unspecified atom stereocenters. The molecular weight excluding hydrogens is 178 g/mol. The van der Waals surface area contributed by atoms with E-state index in [0.717, 1.165) is 32.2 Å². The Labute approximate surface area is 73.6 Å². The maximum Gasteiger partial charge on any atom is 0.265 e. The van der Waals surface area contributed by atoms with Crippen molar-refractivity contribution in [3.8, 4) is 0 Å². The Kier molecular flexibility index (Phi) is 3.49. The third-order valence-electron chi connectivity index (χ3n) is 1.90. The summed E-state index contributed by atoms with van der Waals surface area (Å²) in [7, 11) is -3.27. The van der Waals surface area contributed by atoms with Crippen LogP contribution in [0.25, 0.3) is 0 Å². The van der Waals surface area contributed by atoms with E-state index in [0.29, 0.717) is 0 Å². The molecule has 5 heteroatoms. The summed E-state index contributed by atoms with van der Waals surface area (Å²) in [5.74, 6) is 0. The Morgan fingerprint density at radius 2 is 1.83 bits per heavy atom. The van der Waals surface area contributed by atoms with Gasteiger partial charge in [-0.15, -0.1) is 0 Å². The Balaban J connectivity index is 2.22. The second-order valence-electron chi connectivity index (χ2n) is 3.13. The Bertz CT molecular complexity index is 219. The predicted molar refractivity (Wildman–Crippen MR) is 46.2 cm³/mol. The van der Waals surface area contributed by atoms with Gasteiger partial charge < -0.3 is 0 Å². The van der Waals surface area contributed by atoms with Crippen molar-refractivity contribution in [2.75, 3.05) is 26.1 Å². The number of hydrogen-bond donors (Lipinski definition) is 0. The molecular formula is C7H15NO3S. The number of hydrogen-bond acceptors (Lipinski definition) is 4. The van der Waals surface area contributed by atoms with E-state index in [-0.39, 0.29) is 6.73 Å². The van der Waals surface area contributed by atoms with Gasteiger partial charge in [-0.25, -0.2) is 0 Å². The van der Waals surface area contributed by atoms with Crippen LogP contribution in [0.5, 0.6) is 0 Å². The average molecular weight is 193 g/mol. The summed E-state index contributed by atoms with van der Waals surface area (Å²) in [5, 5.41) is 0. The van der Waals surface area contributed by atoms with Crippen molar-refractivity contribution >= 4 is 10.1 Å². The maximum absolute atomic E-state index is 10.6. The topological polar surface area (TPSA) is 46.6 Å². The number of nitrogens with zero attached hydrogens (tertiary/aromatic N) is 1. The fourth-order valence-electron chi connectivity index (χ4n) is 1.26. The van der Waals surface area contributed by atoms with Gasteiger partial charge >= 0.3 is 0 Å². The van der Waals surface area contributed by atoms with Crippen LogP contribution in [-0.2, 0) is 14.3 Å². The van der Waals surface area contributed by atoms with E-state index in [1.54, 1.807) is 0 Å². The van der Waals surface area contributed by atoms with Gasteiger partial charge in [0.2, 0.25) is 0 Å². The van der Waals surface area contributed by atoms with Crippen molar-refractivity contribution in [1.82, 2.24) is 4.90 Å². The van der Waals surface area contributed by atoms with Crippen LogP contribution in [-0.4, -0.2) is 39.4 Å². The first-order chi connectivity index (χ1) is 5.58. The lowest BCUT2D eigenvalue weighted by Crippen LogP contribution is -2.32. The van der Waals surface area contributed by atoms with Crippen molar-refractivity contribution in [2.45, 2.75) is 19.3 Å². The monoisotopic (exact) mass is 193 g/mol. The van der Waals surface area contributed by atoms with Crippen molar-refractivity contribution in [2.24, 2.45) is 0 Å². The van der Waals surface area contributed by atoms with Crippen LogP contribution < -0.4 is 0 Å². The van der Waals surface area contributed by atoms with Crippen LogP contribution in [0.2, 0.25) is 0 Å². The van der Waals surface area contributed by atoms with Gasteiger partial charge in [-0.3, -0.25) is 9.08 Å². The molecule has 1 rings (SSSR count). The van der Waals surface area contributed by atoms with Crippen LogP contribution in [0, 0.1) is 0 Å². The van der Waals surface area contributed by atoms with Crippen molar-refractivity contribution in [3.63, 3.8) is 0 Å². The highest BCUT2D eigenvalue weighted by atomic mass is 32.2. The molecule has 0 aromatic heterocycles. The molecule has 0 bridgehead atoms. The van der Waals surface area contributed by atoms with Crippen LogP contribution in [0.3, 0.4) is 0 Å². The number of rotatable bonds is 3. The first kappa shape index (κ1) is 9.95. The van der Waals surface area contributed by atoms with E-state index < -0.39 is 10.1 Å². The van der Waals surface area contributed by atoms with E-state index in [1.807, 2.05) is 4.90 Å². The van der Waals surface area contributed by atoms with E-state index in [1.165, 1.54) is 6.42 Å². The molecule has 0 aromatic rings. The van der Waals surface area contributed by atoms with Gasteiger partial charge in [-0.05, 0) is 12.8 Å². The third kappa shape index (κ3) is 4.04. The molecule has 12 heavy (non-hydrogen) atoms. The normalized spacial score (nSPS) is 21.1. The molecule has 0 radical (unpaired) electrons. The summed E-state index contributed by atoms with van der Waals surface area (Å²) in [6.45, 7) is 2.13. The first-order valence-corrected chi connectivity index (χ1v) is 5.96. The Hall–Kier alpha value is -0.130. The molecule has 0 spiro atoms. The van der Waals surface area contributed by atoms with Crippen LogP contribution >= 0.6 is 0 Å². The smallest absolute Gasteiger partial charge is 0.265 e. The summed E-state index contributed by atoms with van der Waals surface area (Å²) in [4.78, 5) is 2.02. The summed E-state index contributed by atoms with van der Waals surface area (Å²) >= 11 is 0. The maximum atomic E-state index is 10.6. The zero-order chi connectivity index (χ0) is 9.03. The summed E-state index contributed by atoms with van der Waals surface area (Å²) < 4.78 is 25.9. The molecule has 1 aliphatic heterocycles. The van der Waals surface area contributed by atoms with Crippen molar-refractivity contribution in [3.05, 3.63) is 0 Å². The quantitative estimate of drug-likeness (QED) is 0.609. The SMILES string of the molecule is CS(=O)(=O)OCN1CCCCC1. The van der Waals surface area contributed by atoms with Crippen molar-refractivity contribution < 1.29 is 12.6 Å². The van der Waals surface area contributed by atoms with Gasteiger partial charge in [-0.2, -0.15) is 8.42 Å². The molecule has 0 aromatic carbocycles. The molecule has 0 aliphatic carbocycles. The highest BCUT2D eigenvalue weighted by Gasteiger charge is 2.11. The zero-order valence-corrected chi connectivity index (χ0v) is 8.14. The van der Waals surface area contributed by atoms with Gasteiger partial charge in [0.05, 0.1) is 6.26 Å². The molecule has 0 amide bonds. The number of piperidine rings is 1. The lowest BCUT2D eigenvalue weighted by molar-refractivity contribution is 0.112. The zero-order valence-electron chi connectivity index (χ0n) is 7.32. The lowest BCUT2D eigenvalue weighted by Gasteiger charge is -2.25. The molecule has 0 saturated carbocycles. The second-order valence-corrected chi connectivity index (χ2v) is 4.77. The summed E-state index contributed by atoms with van der Waals surface area (Å²) in [6, 6.07) is 0. The molecule has 1 fully saturated rings. The Morgan fingerprint density at radius 1 is 1.25 bits per heavy atom. The Morgan fingerprint density at radius 3 is 2.33 bits per heavy atom. The first-order valence-electron chi connectivity index (χ1n) is 4.15. The highest BCUT2D eigenvalue weighted by Crippen LogP contribution is 2.08. The van der Waals surface area contributed by atoms with Crippen LogP contribution in [0.15, 0.2) is 0 Å². The molecule has 1 saturated heterocycles. The minimum Gasteiger partial charge on any atom is -0.280 e. The second kappa shape index (κ2) is 4.20. The van der Waals surface area contributed by atoms with Gasteiger partial charge in [-0.1, -0.05) is 6.42 Å². The highest BCUT2D eigenvalue weighted by molar-refractivity contribution is 7.85. The lowest BCUT2D eigenvalue weighted by atomic mass is 10.1. The van der Waals surface area contributed by atoms with Gasteiger partial charge in [0.25, 0.3) is 10.1 Å². The fraction of sp³-hybridized carbons (Fsp3) is 1.00. The standard InChI is InChI=1S/C7H15NO3S/c1-12(9,10)11-7-8-5-3-2-4-6-8/h2-7H2,1H3. The van der Waals surface area contributed by atoms with Gasteiger partial charge in [0, 0.05) is 13.1 Å². The fourth-order valence-corrected chi connectivity index (χ4v) is 1.60. The van der Waals surface area contributed by atoms with Crippen LogP contribution in [0.4, 0.5) is 0 Å². The van der Waals surface area contributed by atoms with Gasteiger partial charge in [0.1, 0.15) is 6.73 Å². The van der Waals surface area contributed by atoms with Crippen LogP contribution in [0.1, 0.15) is 19.3 Å². The van der Waals surface area contributed by atoms with E-state index >= 15 is 0 Å². The van der Waals surface area contributed by atoms with Crippen molar-refractivity contribution in [1.29, 1.82) is 0 Å². The summed E-state index contributed by atoms with van der Waals surface area (Å²) in [6.07, 6.45) is 4.62. The molecule has 1 heterocycles. The largest absolute Gasteiger partial charge is 0.280 e. The minimum atomic E-state index is -3.27. The van der Waals surface area contributed by atoms with E-state index in [9.17, 15) is 8.42 Å². The predicted octanol–water partition coefficient (Wildman–Crippen LogP) is 0.406. The van der Waals surface area contributed by atoms with Gasteiger partial charge in [0.15, 0.2) is 0 Å². The number of likely N-dealkylation sites (tertiary alicyclic amines) is 1. The molecule has 72 valence electrons. The van der Waals surface area contributed by atoms with E-state index in [4.69, 9.17) is 0 Å². The summed E-state index contributed by atoms with van der Waals surface area (Å²) in [5.41, 5.74) is 0. The molecule has 1 aliphatic rings. The van der Waals surface area contributed by atoms with E-state index in [2.05, 4.69) is 4.18 Å².